The van der Waals surface area contributed by atoms with Crippen molar-refractivity contribution in [3.05, 3.63) is 30.1 Å². The summed E-state index contributed by atoms with van der Waals surface area (Å²) >= 11 is 0. The standard InChI is InChI=1S/C19H28FN3O2.HI/c1-3-21-18(23-10-8-19(13-23)9-11-24-14-19)22-12-15(2)25-17-6-4-16(20)5-7-17;/h4-7,15H,3,8-14H2,1-2H3,(H,21,22);1H. The topological polar surface area (TPSA) is 46.1 Å². The van der Waals surface area contributed by atoms with E-state index >= 15 is 0 Å². The molecule has 0 amide bonds. The average Bonchev–Trinajstić information content (AvgIpc) is 3.24. The van der Waals surface area contributed by atoms with E-state index in [0.29, 0.717) is 17.7 Å². The molecule has 146 valence electrons. The second kappa shape index (κ2) is 9.73. The first-order valence-corrected chi connectivity index (χ1v) is 9.13. The zero-order valence-corrected chi connectivity index (χ0v) is 17.9. The predicted molar refractivity (Wildman–Crippen MR) is 112 cm³/mol. The van der Waals surface area contributed by atoms with Gasteiger partial charge in [0.25, 0.3) is 0 Å². The molecule has 7 heteroatoms. The van der Waals surface area contributed by atoms with E-state index in [9.17, 15) is 4.39 Å². The van der Waals surface area contributed by atoms with Crippen molar-refractivity contribution in [1.82, 2.24) is 10.2 Å². The van der Waals surface area contributed by atoms with Crippen LogP contribution in [0.4, 0.5) is 4.39 Å². The molecular weight excluding hydrogens is 448 g/mol. The van der Waals surface area contributed by atoms with Gasteiger partial charge >= 0.3 is 0 Å². The molecule has 2 atom stereocenters. The first-order chi connectivity index (χ1) is 12.1. The summed E-state index contributed by atoms with van der Waals surface area (Å²) in [7, 11) is 0. The van der Waals surface area contributed by atoms with Gasteiger partial charge in [0, 0.05) is 31.7 Å². The van der Waals surface area contributed by atoms with E-state index in [4.69, 9.17) is 14.5 Å². The molecule has 2 unspecified atom stereocenters. The summed E-state index contributed by atoms with van der Waals surface area (Å²) in [5.41, 5.74) is 0.312. The van der Waals surface area contributed by atoms with Gasteiger partial charge in [-0.2, -0.15) is 0 Å². The summed E-state index contributed by atoms with van der Waals surface area (Å²) in [6, 6.07) is 6.10. The van der Waals surface area contributed by atoms with Crippen LogP contribution in [0.2, 0.25) is 0 Å². The van der Waals surface area contributed by atoms with E-state index < -0.39 is 0 Å². The van der Waals surface area contributed by atoms with Crippen LogP contribution in [0.5, 0.6) is 5.75 Å². The lowest BCUT2D eigenvalue weighted by Gasteiger charge is -2.25. The van der Waals surface area contributed by atoms with Gasteiger partial charge in [-0.3, -0.25) is 0 Å². The SMILES string of the molecule is CCNC(=NCC(C)Oc1ccc(F)cc1)N1CCC2(CCOC2)C1.I. The van der Waals surface area contributed by atoms with Crippen molar-refractivity contribution in [2.24, 2.45) is 10.4 Å². The molecule has 1 aromatic carbocycles. The van der Waals surface area contributed by atoms with Crippen molar-refractivity contribution in [1.29, 1.82) is 0 Å². The van der Waals surface area contributed by atoms with Crippen LogP contribution in [-0.4, -0.2) is 56.4 Å². The van der Waals surface area contributed by atoms with E-state index in [2.05, 4.69) is 17.1 Å². The maximum absolute atomic E-state index is 13.0. The Morgan fingerprint density at radius 3 is 2.81 bits per heavy atom. The maximum Gasteiger partial charge on any atom is 0.194 e. The molecule has 0 radical (unpaired) electrons. The molecule has 3 rings (SSSR count). The number of hydrogen-bond donors (Lipinski definition) is 1. The lowest BCUT2D eigenvalue weighted by atomic mass is 9.87. The first kappa shape index (κ1) is 21.2. The van der Waals surface area contributed by atoms with Crippen LogP contribution in [0.1, 0.15) is 26.7 Å². The molecule has 2 heterocycles. The zero-order valence-electron chi connectivity index (χ0n) is 15.5. The Hall–Kier alpha value is -1.09. The lowest BCUT2D eigenvalue weighted by molar-refractivity contribution is 0.156. The number of ether oxygens (including phenoxy) is 2. The summed E-state index contributed by atoms with van der Waals surface area (Å²) in [5.74, 6) is 1.35. The fourth-order valence-corrected chi connectivity index (χ4v) is 3.51. The summed E-state index contributed by atoms with van der Waals surface area (Å²) in [5, 5.41) is 3.39. The van der Waals surface area contributed by atoms with Crippen molar-refractivity contribution in [2.75, 3.05) is 39.4 Å². The summed E-state index contributed by atoms with van der Waals surface area (Å²) in [6.45, 7) is 9.22. The van der Waals surface area contributed by atoms with Crippen LogP contribution in [0.25, 0.3) is 0 Å². The highest BCUT2D eigenvalue weighted by molar-refractivity contribution is 14.0. The van der Waals surface area contributed by atoms with Gasteiger partial charge in [0.05, 0.1) is 13.2 Å². The number of likely N-dealkylation sites (tertiary alicyclic amines) is 1. The number of hydrogen-bond acceptors (Lipinski definition) is 3. The quantitative estimate of drug-likeness (QED) is 0.402. The number of rotatable bonds is 5. The van der Waals surface area contributed by atoms with Crippen LogP contribution in [0.3, 0.4) is 0 Å². The van der Waals surface area contributed by atoms with Crippen LogP contribution in [-0.2, 0) is 4.74 Å². The predicted octanol–water partition coefficient (Wildman–Crippen LogP) is 3.29. The minimum atomic E-state index is -0.258. The number of aliphatic imine (C=N–C) groups is 1. The Morgan fingerprint density at radius 1 is 1.38 bits per heavy atom. The smallest absolute Gasteiger partial charge is 0.194 e. The van der Waals surface area contributed by atoms with Gasteiger partial charge in [-0.15, -0.1) is 24.0 Å². The Kier molecular flexibility index (Phi) is 7.94. The molecular formula is C19H29FIN3O2. The van der Waals surface area contributed by atoms with Crippen LogP contribution in [0.15, 0.2) is 29.3 Å². The third-order valence-electron chi connectivity index (χ3n) is 4.91. The molecule has 2 aliphatic rings. The fraction of sp³-hybridized carbons (Fsp3) is 0.632. The minimum absolute atomic E-state index is 0. The van der Waals surface area contributed by atoms with Crippen molar-refractivity contribution in [3.8, 4) is 5.75 Å². The molecule has 0 saturated carbocycles. The van der Waals surface area contributed by atoms with E-state index in [0.717, 1.165) is 45.2 Å². The third kappa shape index (κ3) is 5.45. The lowest BCUT2D eigenvalue weighted by Crippen LogP contribution is -2.42. The van der Waals surface area contributed by atoms with Crippen LogP contribution < -0.4 is 10.1 Å². The largest absolute Gasteiger partial charge is 0.489 e. The van der Waals surface area contributed by atoms with Gasteiger partial charge in [-0.1, -0.05) is 0 Å². The monoisotopic (exact) mass is 477 g/mol. The summed E-state index contributed by atoms with van der Waals surface area (Å²) in [6.07, 6.45) is 2.23. The second-order valence-corrected chi connectivity index (χ2v) is 7.05. The number of guanidine groups is 1. The summed E-state index contributed by atoms with van der Waals surface area (Å²) in [4.78, 5) is 7.09. The highest BCUT2D eigenvalue weighted by Gasteiger charge is 2.42. The van der Waals surface area contributed by atoms with Gasteiger partial charge < -0.3 is 19.7 Å². The Labute approximate surface area is 172 Å². The number of halogens is 2. The van der Waals surface area contributed by atoms with E-state index in [-0.39, 0.29) is 35.9 Å². The molecule has 0 bridgehead atoms. The average molecular weight is 477 g/mol. The van der Waals surface area contributed by atoms with Gasteiger partial charge in [0.15, 0.2) is 5.96 Å². The van der Waals surface area contributed by atoms with E-state index in [1.54, 1.807) is 12.1 Å². The van der Waals surface area contributed by atoms with Gasteiger partial charge in [0.1, 0.15) is 17.7 Å². The Balaban J connectivity index is 0.00000243. The first-order valence-electron chi connectivity index (χ1n) is 9.13. The third-order valence-corrected chi connectivity index (χ3v) is 4.91. The highest BCUT2D eigenvalue weighted by Crippen LogP contribution is 2.38. The molecule has 0 aliphatic carbocycles. The van der Waals surface area contributed by atoms with Crippen molar-refractivity contribution >= 4 is 29.9 Å². The highest BCUT2D eigenvalue weighted by atomic mass is 127. The number of nitrogens with zero attached hydrogens (tertiary/aromatic N) is 2. The second-order valence-electron chi connectivity index (χ2n) is 7.05. The van der Waals surface area contributed by atoms with Crippen molar-refractivity contribution < 1.29 is 13.9 Å². The van der Waals surface area contributed by atoms with Crippen molar-refractivity contribution in [2.45, 2.75) is 32.8 Å². The fourth-order valence-electron chi connectivity index (χ4n) is 3.51. The van der Waals surface area contributed by atoms with E-state index in [1.165, 1.54) is 18.6 Å². The molecule has 1 spiro atoms. The van der Waals surface area contributed by atoms with Gasteiger partial charge in [-0.05, 0) is 51.0 Å². The maximum atomic E-state index is 13.0. The molecule has 2 fully saturated rings. The van der Waals surface area contributed by atoms with Crippen LogP contribution >= 0.6 is 24.0 Å². The molecule has 2 saturated heterocycles. The number of nitrogens with one attached hydrogen (secondary N) is 1. The normalized spacial score (nSPS) is 23.8. The molecule has 0 aromatic heterocycles. The molecule has 2 aliphatic heterocycles. The Bertz CT molecular complexity index is 591. The van der Waals surface area contributed by atoms with Crippen molar-refractivity contribution in [3.63, 3.8) is 0 Å². The van der Waals surface area contributed by atoms with Gasteiger partial charge in [-0.25, -0.2) is 9.38 Å². The molecule has 1 N–H and O–H groups in total. The van der Waals surface area contributed by atoms with Crippen LogP contribution in [0, 0.1) is 11.2 Å². The minimum Gasteiger partial charge on any atom is -0.489 e. The molecule has 26 heavy (non-hydrogen) atoms. The Morgan fingerprint density at radius 2 is 2.15 bits per heavy atom. The number of benzene rings is 1. The molecule has 5 nitrogen and oxygen atoms in total. The summed E-state index contributed by atoms with van der Waals surface area (Å²) < 4.78 is 24.4. The van der Waals surface area contributed by atoms with E-state index in [1.807, 2.05) is 6.92 Å². The zero-order chi connectivity index (χ0) is 17.7. The van der Waals surface area contributed by atoms with Gasteiger partial charge in [0.2, 0.25) is 0 Å². The molecule has 1 aromatic rings.